The smallest absolute Gasteiger partial charge is 0.0562 e. The summed E-state index contributed by atoms with van der Waals surface area (Å²) in [5.74, 6) is 0. The zero-order chi connectivity index (χ0) is 9.68. The number of hydrogen-bond acceptors (Lipinski definition) is 3. The van der Waals surface area contributed by atoms with Crippen molar-refractivity contribution in [2.24, 2.45) is 0 Å². The molecule has 0 atom stereocenters. The molecule has 0 unspecified atom stereocenters. The van der Waals surface area contributed by atoms with Gasteiger partial charge in [-0.15, -0.1) is 0 Å². The molecule has 0 aliphatic carbocycles. The zero-order valence-corrected chi connectivity index (χ0v) is 8.46. The quantitative estimate of drug-likeness (QED) is 0.737. The Hall–Kier alpha value is -1.09. The van der Waals surface area contributed by atoms with Gasteiger partial charge in [-0.2, -0.15) is 0 Å². The minimum Gasteiger partial charge on any atom is -0.388 e. The molecule has 0 fully saturated rings. The lowest BCUT2D eigenvalue weighted by atomic mass is 10.3. The largest absolute Gasteiger partial charge is 0.388 e. The number of hydrogen-bond donors (Lipinski definition) is 2. The molecule has 0 radical (unpaired) electrons. The lowest BCUT2D eigenvalue weighted by Gasteiger charge is -2.08. The normalized spacial score (nSPS) is 10.5. The average molecular weight is 179 g/mol. The summed E-state index contributed by atoms with van der Waals surface area (Å²) >= 11 is 0. The Balaban J connectivity index is 2.56. The second-order valence-corrected chi connectivity index (χ2v) is 3.32. The first-order valence-corrected chi connectivity index (χ1v) is 4.58. The van der Waals surface area contributed by atoms with Crippen LogP contribution >= 0.6 is 0 Å². The van der Waals surface area contributed by atoms with E-state index in [1.807, 2.05) is 19.3 Å². The maximum atomic E-state index is 4.26. The summed E-state index contributed by atoms with van der Waals surface area (Å²) < 4.78 is 0. The fourth-order valence-electron chi connectivity index (χ4n) is 1.04. The van der Waals surface area contributed by atoms with Crippen LogP contribution in [0.25, 0.3) is 0 Å². The first-order chi connectivity index (χ1) is 6.22. The van der Waals surface area contributed by atoms with Crippen molar-refractivity contribution in [1.29, 1.82) is 0 Å². The van der Waals surface area contributed by atoms with Gasteiger partial charge >= 0.3 is 0 Å². The minimum atomic E-state index is 0.500. The van der Waals surface area contributed by atoms with Gasteiger partial charge in [-0.3, -0.25) is 4.98 Å². The van der Waals surface area contributed by atoms with Crippen LogP contribution in [0.15, 0.2) is 18.3 Å². The molecule has 3 nitrogen and oxygen atoms in total. The number of nitrogens with zero attached hydrogens (tertiary/aromatic N) is 1. The molecule has 13 heavy (non-hydrogen) atoms. The highest BCUT2D eigenvalue weighted by atomic mass is 14.9. The van der Waals surface area contributed by atoms with Crippen molar-refractivity contribution >= 4 is 5.69 Å². The van der Waals surface area contributed by atoms with Crippen LogP contribution in [0.3, 0.4) is 0 Å². The van der Waals surface area contributed by atoms with E-state index in [4.69, 9.17) is 0 Å². The van der Waals surface area contributed by atoms with Gasteiger partial charge < -0.3 is 10.6 Å². The number of anilines is 1. The van der Waals surface area contributed by atoms with E-state index < -0.39 is 0 Å². The Morgan fingerprint density at radius 1 is 1.46 bits per heavy atom. The second kappa shape index (κ2) is 4.82. The Morgan fingerprint density at radius 2 is 2.23 bits per heavy atom. The number of pyridine rings is 1. The fraction of sp³-hybridized carbons (Fsp3) is 0.500. The van der Waals surface area contributed by atoms with Crippen molar-refractivity contribution < 1.29 is 0 Å². The average Bonchev–Trinajstić information content (AvgIpc) is 2.15. The van der Waals surface area contributed by atoms with Crippen molar-refractivity contribution in [3.63, 3.8) is 0 Å². The maximum Gasteiger partial charge on any atom is 0.0562 e. The maximum absolute atomic E-state index is 4.26. The van der Waals surface area contributed by atoms with Gasteiger partial charge in [-0.25, -0.2) is 0 Å². The highest BCUT2D eigenvalue weighted by Crippen LogP contribution is 2.06. The highest BCUT2D eigenvalue weighted by molar-refractivity contribution is 5.42. The molecule has 1 rings (SSSR count). The third-order valence-corrected chi connectivity index (χ3v) is 1.80. The molecule has 0 saturated heterocycles. The SMILES string of the molecule is CNc1ccnc(CNC(C)C)c1. The molecule has 1 heterocycles. The molecule has 0 spiro atoms. The van der Waals surface area contributed by atoms with Gasteiger partial charge in [-0.05, 0) is 12.1 Å². The number of nitrogens with one attached hydrogen (secondary N) is 2. The van der Waals surface area contributed by atoms with E-state index in [9.17, 15) is 0 Å². The molecule has 1 aromatic rings. The van der Waals surface area contributed by atoms with Crippen molar-refractivity contribution in [2.75, 3.05) is 12.4 Å². The fourth-order valence-corrected chi connectivity index (χ4v) is 1.04. The third-order valence-electron chi connectivity index (χ3n) is 1.80. The number of rotatable bonds is 4. The summed E-state index contributed by atoms with van der Waals surface area (Å²) in [7, 11) is 1.91. The van der Waals surface area contributed by atoms with Crippen LogP contribution in [0.1, 0.15) is 19.5 Å². The Bertz CT molecular complexity index is 258. The summed E-state index contributed by atoms with van der Waals surface area (Å²) in [6, 6.07) is 4.51. The highest BCUT2D eigenvalue weighted by Gasteiger charge is 1.97. The summed E-state index contributed by atoms with van der Waals surface area (Å²) in [5.41, 5.74) is 2.18. The van der Waals surface area contributed by atoms with Gasteiger partial charge in [0.25, 0.3) is 0 Å². The van der Waals surface area contributed by atoms with E-state index in [0.717, 1.165) is 17.9 Å². The predicted molar refractivity (Wildman–Crippen MR) is 55.8 cm³/mol. The van der Waals surface area contributed by atoms with E-state index in [-0.39, 0.29) is 0 Å². The van der Waals surface area contributed by atoms with Gasteiger partial charge in [0.2, 0.25) is 0 Å². The van der Waals surface area contributed by atoms with E-state index in [1.54, 1.807) is 0 Å². The monoisotopic (exact) mass is 179 g/mol. The molecule has 0 saturated carbocycles. The molecule has 3 heteroatoms. The summed E-state index contributed by atoms with van der Waals surface area (Å²) in [4.78, 5) is 4.26. The number of aromatic nitrogens is 1. The van der Waals surface area contributed by atoms with Crippen molar-refractivity contribution in [3.8, 4) is 0 Å². The molecule has 0 aliphatic heterocycles. The lowest BCUT2D eigenvalue weighted by Crippen LogP contribution is -2.22. The van der Waals surface area contributed by atoms with Crippen LogP contribution in [0.2, 0.25) is 0 Å². The van der Waals surface area contributed by atoms with Crippen LogP contribution < -0.4 is 10.6 Å². The van der Waals surface area contributed by atoms with Crippen molar-refractivity contribution in [2.45, 2.75) is 26.4 Å². The first kappa shape index (κ1) is 9.99. The Morgan fingerprint density at radius 3 is 2.85 bits per heavy atom. The van der Waals surface area contributed by atoms with Gasteiger partial charge in [-0.1, -0.05) is 13.8 Å². The van der Waals surface area contributed by atoms with Crippen LogP contribution in [0.4, 0.5) is 5.69 Å². The molecule has 0 amide bonds. The zero-order valence-electron chi connectivity index (χ0n) is 8.46. The minimum absolute atomic E-state index is 0.500. The van der Waals surface area contributed by atoms with Crippen LogP contribution in [-0.4, -0.2) is 18.1 Å². The topological polar surface area (TPSA) is 37.0 Å². The van der Waals surface area contributed by atoms with Gasteiger partial charge in [0.1, 0.15) is 0 Å². The van der Waals surface area contributed by atoms with Gasteiger partial charge in [0.15, 0.2) is 0 Å². The van der Waals surface area contributed by atoms with Gasteiger partial charge in [0, 0.05) is 31.5 Å². The molecule has 0 aliphatic rings. The van der Waals surface area contributed by atoms with Crippen LogP contribution in [-0.2, 0) is 6.54 Å². The van der Waals surface area contributed by atoms with E-state index >= 15 is 0 Å². The molecular weight excluding hydrogens is 162 g/mol. The molecule has 0 bridgehead atoms. The molecular formula is C10H17N3. The molecule has 2 N–H and O–H groups in total. The Labute approximate surface area is 79.6 Å². The molecule has 0 aromatic carbocycles. The Kier molecular flexibility index (Phi) is 3.71. The van der Waals surface area contributed by atoms with Crippen molar-refractivity contribution in [1.82, 2.24) is 10.3 Å². The van der Waals surface area contributed by atoms with Crippen LogP contribution in [0.5, 0.6) is 0 Å². The summed E-state index contributed by atoms with van der Waals surface area (Å²) in [6.45, 7) is 5.08. The van der Waals surface area contributed by atoms with E-state index in [2.05, 4.69) is 35.5 Å². The molecule has 72 valence electrons. The molecule has 1 aromatic heterocycles. The van der Waals surface area contributed by atoms with E-state index in [0.29, 0.717) is 6.04 Å². The first-order valence-electron chi connectivity index (χ1n) is 4.58. The third kappa shape index (κ3) is 3.42. The second-order valence-electron chi connectivity index (χ2n) is 3.32. The van der Waals surface area contributed by atoms with E-state index in [1.165, 1.54) is 0 Å². The van der Waals surface area contributed by atoms with Crippen LogP contribution in [0, 0.1) is 0 Å². The standard InChI is InChI=1S/C10H17N3/c1-8(2)13-7-10-6-9(11-3)4-5-12-10/h4-6,8,13H,7H2,1-3H3,(H,11,12). The summed E-state index contributed by atoms with van der Waals surface area (Å²) in [6.07, 6.45) is 1.82. The lowest BCUT2D eigenvalue weighted by molar-refractivity contribution is 0.581. The van der Waals surface area contributed by atoms with Crippen molar-refractivity contribution in [3.05, 3.63) is 24.0 Å². The summed E-state index contributed by atoms with van der Waals surface area (Å²) in [5, 5.41) is 6.41. The predicted octanol–water partition coefficient (Wildman–Crippen LogP) is 1.62. The van der Waals surface area contributed by atoms with Gasteiger partial charge in [0.05, 0.1) is 5.69 Å².